The molecule has 430 valence electrons. The van der Waals surface area contributed by atoms with E-state index in [0.717, 1.165) is 18.2 Å². The second-order valence-corrected chi connectivity index (χ2v) is 24.4. The molecule has 0 atom stereocenters. The van der Waals surface area contributed by atoms with E-state index in [1.807, 2.05) is 0 Å². The van der Waals surface area contributed by atoms with Gasteiger partial charge in [0.05, 0.1) is 56.6 Å². The SMILES string of the molecule is COc1ccc(Nc2ccc3c(O)c(N=Nc4cc(OC)c(N=Nc5cc(C)c(N=Nc6ccc7c(OCCCS(=O)(=O)O)cc(S(=O)(=O)O)cc7c6S(=O)(=O)O)cc5OCCCS(=O)(=O)O)cc4OC)c(S(=O)(=O)O)cc3c2)cc1. The highest BCUT2D eigenvalue weighted by Crippen LogP contribution is 2.46. The summed E-state index contributed by atoms with van der Waals surface area (Å²) in [4.78, 5) is -2.67. The molecule has 0 radical (unpaired) electrons. The van der Waals surface area contributed by atoms with Gasteiger partial charge < -0.3 is 34.1 Å². The van der Waals surface area contributed by atoms with E-state index in [1.54, 1.807) is 36.4 Å². The van der Waals surface area contributed by atoms with Crippen molar-refractivity contribution in [2.24, 2.45) is 30.7 Å². The number of azo groups is 3. The Kier molecular flexibility index (Phi) is 18.3. The van der Waals surface area contributed by atoms with Crippen molar-refractivity contribution in [2.45, 2.75) is 34.5 Å². The van der Waals surface area contributed by atoms with Crippen LogP contribution < -0.4 is 29.0 Å². The van der Waals surface area contributed by atoms with Crippen molar-refractivity contribution in [3.05, 3.63) is 103 Å². The molecule has 0 heterocycles. The van der Waals surface area contributed by atoms with Gasteiger partial charge in [-0.2, -0.15) is 47.2 Å². The number of methoxy groups -OCH3 is 3. The summed E-state index contributed by atoms with van der Waals surface area (Å²) >= 11 is 0. The highest BCUT2D eigenvalue weighted by atomic mass is 32.2. The van der Waals surface area contributed by atoms with Crippen LogP contribution in [0.25, 0.3) is 21.5 Å². The van der Waals surface area contributed by atoms with Crippen molar-refractivity contribution >= 4 is 118 Å². The smallest absolute Gasteiger partial charge is 0.297 e. The van der Waals surface area contributed by atoms with E-state index in [9.17, 15) is 65.4 Å². The summed E-state index contributed by atoms with van der Waals surface area (Å²) in [6.07, 6.45) is -0.536. The number of nitrogens with one attached hydrogen (secondary N) is 1. The minimum absolute atomic E-state index is 0.0175. The first-order chi connectivity index (χ1) is 38.0. The molecule has 0 spiro atoms. The maximum Gasteiger partial charge on any atom is 0.297 e. The van der Waals surface area contributed by atoms with Crippen LogP contribution in [0.4, 0.5) is 45.5 Å². The van der Waals surface area contributed by atoms with E-state index in [-0.39, 0.29) is 86.9 Å². The van der Waals surface area contributed by atoms with Gasteiger partial charge in [0, 0.05) is 51.8 Å². The molecule has 0 saturated heterocycles. The van der Waals surface area contributed by atoms with E-state index >= 15 is 0 Å². The van der Waals surface area contributed by atoms with Crippen LogP contribution in [0.2, 0.25) is 0 Å². The largest absolute Gasteiger partial charge is 0.505 e. The molecule has 7 aromatic carbocycles. The van der Waals surface area contributed by atoms with Crippen molar-refractivity contribution < 1.29 is 93.6 Å². The summed E-state index contributed by atoms with van der Waals surface area (Å²) in [7, 11) is -20.2. The molecule has 7 N–H and O–H groups in total. The summed E-state index contributed by atoms with van der Waals surface area (Å²) in [6, 6.07) is 21.7. The zero-order valence-corrected chi connectivity index (χ0v) is 46.6. The lowest BCUT2D eigenvalue weighted by Crippen LogP contribution is -2.09. The molecule has 28 nitrogen and oxygen atoms in total. The minimum atomic E-state index is -5.33. The van der Waals surface area contributed by atoms with Gasteiger partial charge in [0.15, 0.2) is 5.75 Å². The second-order valence-electron chi connectivity index (χ2n) is 17.1. The molecule has 33 heteroatoms. The number of benzene rings is 7. The first kappa shape index (κ1) is 60.6. The summed E-state index contributed by atoms with van der Waals surface area (Å²) in [5.74, 6) is -2.05. The number of aryl methyl sites for hydroxylation is 1. The minimum Gasteiger partial charge on any atom is -0.505 e. The molecule has 0 aromatic heterocycles. The van der Waals surface area contributed by atoms with Crippen LogP contribution in [0.5, 0.6) is 34.5 Å². The Morgan fingerprint density at radius 1 is 0.469 bits per heavy atom. The van der Waals surface area contributed by atoms with Crippen molar-refractivity contribution in [1.29, 1.82) is 0 Å². The van der Waals surface area contributed by atoms with E-state index in [4.69, 9.17) is 28.2 Å². The molecule has 81 heavy (non-hydrogen) atoms. The van der Waals surface area contributed by atoms with Gasteiger partial charge in [0.25, 0.3) is 50.6 Å². The molecule has 0 aliphatic carbocycles. The summed E-state index contributed by atoms with van der Waals surface area (Å²) in [6.45, 7) is 0.718. The number of aromatic hydroxyl groups is 1. The van der Waals surface area contributed by atoms with Gasteiger partial charge in [-0.15, -0.1) is 25.6 Å². The zero-order chi connectivity index (χ0) is 59.2. The Labute approximate surface area is 462 Å². The van der Waals surface area contributed by atoms with Crippen molar-refractivity contribution in [3.63, 3.8) is 0 Å². The predicted molar refractivity (Wildman–Crippen MR) is 292 cm³/mol. The number of hydrogen-bond acceptors (Lipinski definition) is 23. The number of phenolic OH excluding ortho intramolecular Hbond substituents is 1. The Bertz CT molecular complexity index is 4280. The second kappa shape index (κ2) is 24.4. The fourth-order valence-corrected chi connectivity index (χ4v) is 10.6. The fraction of sp³-hybridized carbons (Fsp3) is 0.208. The summed E-state index contributed by atoms with van der Waals surface area (Å²) < 4.78 is 198. The Hall–Kier alpha value is -7.99. The number of rotatable bonds is 24. The summed E-state index contributed by atoms with van der Waals surface area (Å²) in [5, 5.41) is 39.1. The van der Waals surface area contributed by atoms with Crippen molar-refractivity contribution in [3.8, 4) is 34.5 Å². The third-order valence-corrected chi connectivity index (χ3v) is 15.7. The fourth-order valence-electron chi connectivity index (χ4n) is 7.67. The number of fused-ring (bicyclic) bond motifs is 2. The van der Waals surface area contributed by atoms with E-state index < -0.39 is 106 Å². The van der Waals surface area contributed by atoms with Gasteiger partial charge in [-0.1, -0.05) is 0 Å². The average Bonchev–Trinajstić information content (AvgIpc) is 3.40. The van der Waals surface area contributed by atoms with E-state index in [1.165, 1.54) is 64.7 Å². The van der Waals surface area contributed by atoms with Crippen LogP contribution in [-0.2, 0) is 50.6 Å². The third-order valence-electron chi connectivity index (χ3n) is 11.4. The summed E-state index contributed by atoms with van der Waals surface area (Å²) in [5.41, 5.74) is 0.0482. The highest BCUT2D eigenvalue weighted by Gasteiger charge is 2.26. The van der Waals surface area contributed by atoms with Gasteiger partial charge in [-0.3, -0.25) is 22.8 Å². The van der Waals surface area contributed by atoms with Gasteiger partial charge in [0.2, 0.25) is 0 Å². The van der Waals surface area contributed by atoms with Crippen molar-refractivity contribution in [1.82, 2.24) is 0 Å². The zero-order valence-electron chi connectivity index (χ0n) is 42.5. The van der Waals surface area contributed by atoms with Crippen LogP contribution in [0.3, 0.4) is 0 Å². The Morgan fingerprint density at radius 3 is 1.53 bits per heavy atom. The lowest BCUT2D eigenvalue weighted by atomic mass is 10.1. The van der Waals surface area contributed by atoms with Crippen LogP contribution in [0.1, 0.15) is 18.4 Å². The number of phenols is 1. The number of anilines is 2. The third kappa shape index (κ3) is 15.5. The number of hydrogen-bond donors (Lipinski definition) is 7. The van der Waals surface area contributed by atoms with Crippen LogP contribution in [0, 0.1) is 6.92 Å². The van der Waals surface area contributed by atoms with Crippen molar-refractivity contribution in [2.75, 3.05) is 51.4 Å². The van der Waals surface area contributed by atoms with E-state index in [2.05, 4.69) is 36.0 Å². The molecule has 0 amide bonds. The molecule has 0 fully saturated rings. The van der Waals surface area contributed by atoms with Gasteiger partial charge >= 0.3 is 0 Å². The monoisotopic (exact) mass is 1220 g/mol. The molecule has 7 aromatic rings. The van der Waals surface area contributed by atoms with Gasteiger partial charge in [-0.05, 0) is 104 Å². The Balaban J connectivity index is 1.24. The standard InChI is InChI=1S/C48H47N7O21S5/c1-27-19-38(44(76-16-6-18-78(60,61)62)24-37(27)51-50-36-14-13-34-35(48(36)81(69,70)71)22-32(79(63,64)65)23-41(34)75-15-5-17-77(57,58)59)52-53-39-25-43(74-4)40(26-42(39)73-3)54-55-46-45(80(66,67)68)21-28-20-30(9-12-33(28)47(46)56)49-29-7-10-31(72-2)11-8-29/h7-14,19-26,49,56H,5-6,15-18H2,1-4H3,(H,57,58,59)(H,60,61,62)(H,63,64,65)(H,66,67,68)(H,69,70,71). The van der Waals surface area contributed by atoms with E-state index in [0.29, 0.717) is 23.2 Å². The average molecular weight is 1220 g/mol. The quantitative estimate of drug-likeness (QED) is 0.0168. The molecule has 0 bridgehead atoms. The maximum absolute atomic E-state index is 13.0. The lowest BCUT2D eigenvalue weighted by Gasteiger charge is -2.14. The molecule has 0 aliphatic rings. The van der Waals surface area contributed by atoms with Gasteiger partial charge in [0.1, 0.15) is 67.0 Å². The van der Waals surface area contributed by atoms with Gasteiger partial charge in [-0.25, -0.2) is 0 Å². The number of nitrogens with zero attached hydrogens (tertiary/aromatic N) is 6. The maximum atomic E-state index is 13.0. The predicted octanol–water partition coefficient (Wildman–Crippen LogP) is 10.1. The molecular weight excluding hydrogens is 1170 g/mol. The van der Waals surface area contributed by atoms with Crippen LogP contribution in [0.15, 0.2) is 142 Å². The lowest BCUT2D eigenvalue weighted by molar-refractivity contribution is 0.317. The molecule has 7 rings (SSSR count). The topological polar surface area (TPSA) is 424 Å². The Morgan fingerprint density at radius 2 is 0.988 bits per heavy atom. The molecule has 0 saturated carbocycles. The van der Waals surface area contributed by atoms with Crippen LogP contribution in [-0.4, -0.2) is 116 Å². The first-order valence-corrected chi connectivity index (χ1v) is 30.6. The van der Waals surface area contributed by atoms with Crippen LogP contribution >= 0.6 is 0 Å². The normalized spacial score (nSPS) is 12.7. The molecule has 0 unspecified atom stereocenters. The first-order valence-electron chi connectivity index (χ1n) is 23.0. The molecular formula is C48H47N7O21S5. The molecule has 0 aliphatic heterocycles. The number of ether oxygens (including phenoxy) is 5. The highest BCUT2D eigenvalue weighted by molar-refractivity contribution is 7.87.